The highest BCUT2D eigenvalue weighted by Crippen LogP contribution is 2.32. The van der Waals surface area contributed by atoms with Gasteiger partial charge in [0.05, 0.1) is 53.2 Å². The lowest BCUT2D eigenvalue weighted by Gasteiger charge is -2.20. The number of aryl methyl sites for hydroxylation is 1. The van der Waals surface area contributed by atoms with Gasteiger partial charge in [-0.25, -0.2) is 0 Å². The summed E-state index contributed by atoms with van der Waals surface area (Å²) in [6.07, 6.45) is 1.78. The first kappa shape index (κ1) is 25.8. The summed E-state index contributed by atoms with van der Waals surface area (Å²) in [4.78, 5) is 14.8. The summed E-state index contributed by atoms with van der Waals surface area (Å²) in [5.41, 5.74) is 5.68. The van der Waals surface area contributed by atoms with Crippen molar-refractivity contribution >= 4 is 40.1 Å². The molecule has 2 heterocycles. The minimum atomic E-state index is -1.21. The molecule has 0 aliphatic heterocycles. The molecule has 0 fully saturated rings. The molecule has 10 nitrogen and oxygen atoms in total. The van der Waals surface area contributed by atoms with Crippen LogP contribution in [-0.2, 0) is 17.8 Å². The zero-order valence-corrected chi connectivity index (χ0v) is 18.4. The number of halogens is 2. The van der Waals surface area contributed by atoms with Crippen LogP contribution in [0.5, 0.6) is 5.75 Å². The van der Waals surface area contributed by atoms with Gasteiger partial charge in [-0.2, -0.15) is 0 Å². The molecular weight excluding hydrogens is 465 g/mol. The topological polar surface area (TPSA) is 172 Å². The summed E-state index contributed by atoms with van der Waals surface area (Å²) in [5.74, 6) is -0.463. The van der Waals surface area contributed by atoms with Crippen LogP contribution in [0.3, 0.4) is 0 Å². The Morgan fingerprint density at radius 2 is 1.84 bits per heavy atom. The molecule has 174 valence electrons. The lowest BCUT2D eigenvalue weighted by Crippen LogP contribution is -2.50. The summed E-state index contributed by atoms with van der Waals surface area (Å²) >= 11 is 12.0. The van der Waals surface area contributed by atoms with Crippen molar-refractivity contribution in [1.82, 2.24) is 10.1 Å². The molecule has 0 saturated carbocycles. The number of hydrogen-bond donors (Lipinski definition) is 5. The van der Waals surface area contributed by atoms with Crippen LogP contribution in [0.1, 0.15) is 17.8 Å². The number of carbonyl (C=O) groups is 1. The van der Waals surface area contributed by atoms with E-state index in [4.69, 9.17) is 58.6 Å². The van der Waals surface area contributed by atoms with Crippen LogP contribution in [0.15, 0.2) is 35.0 Å². The van der Waals surface area contributed by atoms with Crippen LogP contribution >= 0.6 is 23.2 Å². The molecule has 3 rings (SSSR count). The lowest BCUT2D eigenvalue weighted by molar-refractivity contribution is -0.136. The van der Waals surface area contributed by atoms with E-state index in [1.54, 1.807) is 24.3 Å². The second-order valence-electron chi connectivity index (χ2n) is 6.89. The van der Waals surface area contributed by atoms with Crippen molar-refractivity contribution in [3.8, 4) is 5.75 Å². The number of nitrogens with zero attached hydrogens (tertiary/aromatic N) is 2. The number of aliphatic carboxylic acids is 1. The number of hydrogen-bond acceptors (Lipinski definition) is 9. The maximum Gasteiger partial charge on any atom is 0.303 e. The number of carboxylic acids is 1. The predicted octanol–water partition coefficient (Wildman–Crippen LogP) is 1.79. The number of aliphatic hydroxyl groups excluding tert-OH is 3. The van der Waals surface area contributed by atoms with E-state index in [0.29, 0.717) is 38.2 Å². The van der Waals surface area contributed by atoms with E-state index in [1.165, 1.54) is 6.20 Å². The molecule has 0 amide bonds. The highest BCUT2D eigenvalue weighted by Gasteiger charge is 2.20. The number of aromatic nitrogens is 2. The van der Waals surface area contributed by atoms with E-state index >= 15 is 0 Å². The minimum absolute atomic E-state index is 0.0280. The molecule has 0 saturated heterocycles. The third-order valence-corrected chi connectivity index (χ3v) is 4.80. The molecule has 0 spiro atoms. The Morgan fingerprint density at radius 3 is 2.38 bits per heavy atom. The average Bonchev–Trinajstić information content (AvgIpc) is 3.18. The Morgan fingerprint density at radius 1 is 1.16 bits per heavy atom. The number of aliphatic hydroxyl groups is 3. The summed E-state index contributed by atoms with van der Waals surface area (Å²) in [7, 11) is 0. The van der Waals surface area contributed by atoms with Crippen molar-refractivity contribution < 1.29 is 34.5 Å². The van der Waals surface area contributed by atoms with Crippen LogP contribution in [0.4, 0.5) is 0 Å². The highest BCUT2D eigenvalue weighted by molar-refractivity contribution is 6.32. The largest absolute Gasteiger partial charge is 0.486 e. The Balaban J connectivity index is 0.000000390. The zero-order chi connectivity index (χ0) is 23.7. The molecule has 0 aliphatic carbocycles. The van der Waals surface area contributed by atoms with Gasteiger partial charge in [-0.3, -0.25) is 9.78 Å². The van der Waals surface area contributed by atoms with Crippen molar-refractivity contribution in [3.63, 3.8) is 0 Å². The molecule has 0 bridgehead atoms. The van der Waals surface area contributed by atoms with Crippen molar-refractivity contribution in [2.45, 2.75) is 25.0 Å². The first-order chi connectivity index (χ1) is 15.2. The van der Waals surface area contributed by atoms with Gasteiger partial charge >= 0.3 is 5.97 Å². The molecule has 32 heavy (non-hydrogen) atoms. The summed E-state index contributed by atoms with van der Waals surface area (Å²) < 4.78 is 10.9. The first-order valence-corrected chi connectivity index (χ1v) is 10.1. The van der Waals surface area contributed by atoms with Gasteiger partial charge in [0, 0.05) is 24.1 Å². The fourth-order valence-corrected chi connectivity index (χ4v) is 2.63. The molecular formula is C20H23Cl2N3O7. The summed E-state index contributed by atoms with van der Waals surface area (Å²) in [6.45, 7) is -0.984. The predicted molar refractivity (Wildman–Crippen MR) is 117 cm³/mol. The van der Waals surface area contributed by atoms with E-state index in [2.05, 4.69) is 10.1 Å². The van der Waals surface area contributed by atoms with E-state index in [0.717, 1.165) is 0 Å². The molecule has 1 aromatic carbocycles. The normalized spacial score (nSPS) is 11.2. The van der Waals surface area contributed by atoms with E-state index in [9.17, 15) is 4.79 Å². The standard InChI is InChI=1S/C16H12Cl2N2O4.C4H11NO3/c17-9-1-2-10(19-7-9)8-23-15-6-14-11(5-12(15)18)13(20-24-14)3-4-16(21)22;5-4(1-6,2-7)3-8/h1-2,5-7H,3-4,8H2,(H,21,22);6-8H,1-3,5H2. The second kappa shape index (κ2) is 12.0. The third-order valence-electron chi connectivity index (χ3n) is 4.28. The maximum absolute atomic E-state index is 10.7. The number of fused-ring (bicyclic) bond motifs is 1. The zero-order valence-electron chi connectivity index (χ0n) is 16.9. The highest BCUT2D eigenvalue weighted by atomic mass is 35.5. The minimum Gasteiger partial charge on any atom is -0.486 e. The molecule has 0 aliphatic rings. The Labute approximate surface area is 193 Å². The lowest BCUT2D eigenvalue weighted by atomic mass is 10.1. The molecule has 0 atom stereocenters. The average molecular weight is 488 g/mol. The van der Waals surface area contributed by atoms with Crippen LogP contribution < -0.4 is 10.5 Å². The summed E-state index contributed by atoms with van der Waals surface area (Å²) in [6, 6.07) is 6.77. The van der Waals surface area contributed by atoms with Gasteiger partial charge in [-0.1, -0.05) is 28.4 Å². The van der Waals surface area contributed by atoms with E-state index < -0.39 is 31.3 Å². The van der Waals surface area contributed by atoms with Gasteiger partial charge in [-0.15, -0.1) is 0 Å². The number of nitrogens with two attached hydrogens (primary N) is 1. The molecule has 3 aromatic rings. The van der Waals surface area contributed by atoms with Crippen molar-refractivity contribution in [2.75, 3.05) is 19.8 Å². The van der Waals surface area contributed by atoms with Crippen LogP contribution in [0.25, 0.3) is 11.0 Å². The fraction of sp³-hybridized carbons (Fsp3) is 0.350. The molecule has 12 heteroatoms. The number of carboxylic acid groups (broad SMARTS) is 1. The van der Waals surface area contributed by atoms with Crippen molar-refractivity contribution in [1.29, 1.82) is 0 Å². The van der Waals surface area contributed by atoms with Gasteiger partial charge in [-0.05, 0) is 18.2 Å². The van der Waals surface area contributed by atoms with Crippen LogP contribution in [0.2, 0.25) is 10.0 Å². The number of rotatable bonds is 9. The summed E-state index contributed by atoms with van der Waals surface area (Å²) in [5, 5.41) is 39.3. The smallest absolute Gasteiger partial charge is 0.303 e. The van der Waals surface area contributed by atoms with Gasteiger partial charge in [0.25, 0.3) is 0 Å². The number of pyridine rings is 1. The van der Waals surface area contributed by atoms with E-state index in [1.807, 2.05) is 0 Å². The van der Waals surface area contributed by atoms with Crippen LogP contribution in [-0.4, -0.2) is 61.9 Å². The SMILES string of the molecule is NC(CO)(CO)CO.O=C(O)CCc1noc2cc(OCc3ccc(Cl)cn3)c(Cl)cc12. The molecule has 0 radical (unpaired) electrons. The quantitative estimate of drug-likeness (QED) is 0.299. The number of benzene rings is 1. The first-order valence-electron chi connectivity index (χ1n) is 9.35. The molecule has 0 unspecified atom stereocenters. The van der Waals surface area contributed by atoms with Crippen molar-refractivity contribution in [3.05, 3.63) is 51.9 Å². The van der Waals surface area contributed by atoms with Gasteiger partial charge < -0.3 is 35.4 Å². The monoisotopic (exact) mass is 487 g/mol. The van der Waals surface area contributed by atoms with E-state index in [-0.39, 0.29) is 19.4 Å². The Hall–Kier alpha value is -2.47. The van der Waals surface area contributed by atoms with Gasteiger partial charge in [0.15, 0.2) is 5.58 Å². The van der Waals surface area contributed by atoms with Crippen molar-refractivity contribution in [2.24, 2.45) is 5.73 Å². The van der Waals surface area contributed by atoms with Gasteiger partial charge in [0.1, 0.15) is 12.4 Å². The molecule has 2 aromatic heterocycles. The van der Waals surface area contributed by atoms with Gasteiger partial charge in [0.2, 0.25) is 0 Å². The third kappa shape index (κ3) is 7.30. The Kier molecular flexibility index (Phi) is 9.63. The van der Waals surface area contributed by atoms with Crippen LogP contribution in [0, 0.1) is 0 Å². The maximum atomic E-state index is 10.7. The molecule has 6 N–H and O–H groups in total. The second-order valence-corrected chi connectivity index (χ2v) is 7.74. The fourth-order valence-electron chi connectivity index (χ4n) is 2.30. The number of ether oxygens (including phenoxy) is 1. The Bertz CT molecular complexity index is 1020.